The Morgan fingerprint density at radius 3 is 2.34 bits per heavy atom. The quantitative estimate of drug-likeness (QED) is 0.0709. The van der Waals surface area contributed by atoms with E-state index in [1.807, 2.05) is 48.5 Å². The molecule has 4 aromatic rings. The number of benzene rings is 4. The van der Waals surface area contributed by atoms with Crippen LogP contribution in [0.2, 0.25) is 5.02 Å². The summed E-state index contributed by atoms with van der Waals surface area (Å²) in [5.74, 6) is -2.27. The number of rotatable bonds is 19. The highest BCUT2D eigenvalue weighted by Crippen LogP contribution is 2.38. The molecule has 0 saturated carbocycles. The molecular formula is C55H60ClFN4O9. The van der Waals surface area contributed by atoms with E-state index in [1.165, 1.54) is 19.1 Å². The van der Waals surface area contributed by atoms with Crippen LogP contribution in [0.4, 0.5) is 9.18 Å². The summed E-state index contributed by atoms with van der Waals surface area (Å²) in [7, 11) is 0. The Kier molecular flexibility index (Phi) is 17.2. The van der Waals surface area contributed by atoms with Crippen molar-refractivity contribution in [2.24, 2.45) is 11.1 Å². The maximum atomic E-state index is 15.0. The van der Waals surface area contributed by atoms with Crippen LogP contribution in [0.5, 0.6) is 0 Å². The summed E-state index contributed by atoms with van der Waals surface area (Å²) in [4.78, 5) is 89.1. The van der Waals surface area contributed by atoms with E-state index in [9.17, 15) is 28.8 Å². The molecule has 13 nitrogen and oxygen atoms in total. The summed E-state index contributed by atoms with van der Waals surface area (Å²) < 4.78 is 25.8. The third-order valence-electron chi connectivity index (χ3n) is 12.7. The van der Waals surface area contributed by atoms with Crippen molar-refractivity contribution < 1.29 is 47.5 Å². The van der Waals surface area contributed by atoms with Gasteiger partial charge in [0.15, 0.2) is 11.6 Å². The minimum atomic E-state index is -1.09. The SMILES string of the molecule is CC(=O)[C@H](CCCCNC(=O)OCc1ccccc1)CC(=O)CN1CC=C(c2cccc3c2CCN(C(=O)[C@H]2CC(c4cccc(Cl)c4F)=NO2)[C@@H]3C(=O)Cc2ccc(C(=O)OC(C)(C)C)cc2)CC1. The van der Waals surface area contributed by atoms with Crippen molar-refractivity contribution in [1.29, 1.82) is 0 Å². The van der Waals surface area contributed by atoms with Crippen molar-refractivity contribution >= 4 is 58.2 Å². The number of esters is 1. The molecule has 3 aliphatic rings. The van der Waals surface area contributed by atoms with Crippen molar-refractivity contribution in [2.75, 3.05) is 32.7 Å². The number of alkyl carbamates (subject to hydrolysis) is 1. The molecule has 0 aliphatic carbocycles. The number of hydrogen-bond donors (Lipinski definition) is 1. The molecule has 0 aromatic heterocycles. The summed E-state index contributed by atoms with van der Waals surface area (Å²) >= 11 is 6.05. The molecule has 15 heteroatoms. The molecule has 368 valence electrons. The van der Waals surface area contributed by atoms with E-state index in [0.29, 0.717) is 68.4 Å². The fraction of sp³-hybridized carbons (Fsp3) is 0.400. The number of nitrogens with zero attached hydrogens (tertiary/aromatic N) is 3. The Morgan fingerprint density at radius 1 is 0.886 bits per heavy atom. The molecule has 0 fully saturated rings. The van der Waals surface area contributed by atoms with Gasteiger partial charge in [0.1, 0.15) is 29.8 Å². The highest BCUT2D eigenvalue weighted by Gasteiger charge is 2.42. The van der Waals surface area contributed by atoms with Gasteiger partial charge in [-0.15, -0.1) is 0 Å². The summed E-state index contributed by atoms with van der Waals surface area (Å²) in [6.45, 7) is 9.01. The van der Waals surface area contributed by atoms with Gasteiger partial charge in [-0.3, -0.25) is 24.1 Å². The second-order valence-corrected chi connectivity index (χ2v) is 19.5. The van der Waals surface area contributed by atoms with Crippen molar-refractivity contribution in [3.05, 3.63) is 147 Å². The second kappa shape index (κ2) is 23.4. The number of Topliss-reactive ketones (excluding diaryl/α,β-unsaturated/α-hetero) is 3. The molecule has 3 aliphatic heterocycles. The maximum Gasteiger partial charge on any atom is 0.407 e. The minimum absolute atomic E-state index is 0.0104. The van der Waals surface area contributed by atoms with Crippen LogP contribution >= 0.6 is 11.6 Å². The summed E-state index contributed by atoms with van der Waals surface area (Å²) in [6.07, 6.45) is 3.57. The van der Waals surface area contributed by atoms with Crippen molar-refractivity contribution in [3.8, 4) is 0 Å². The van der Waals surface area contributed by atoms with Gasteiger partial charge in [-0.05, 0) is 111 Å². The monoisotopic (exact) mass is 974 g/mol. The van der Waals surface area contributed by atoms with Crippen molar-refractivity contribution in [2.45, 2.75) is 103 Å². The lowest BCUT2D eigenvalue weighted by atomic mass is 9.82. The van der Waals surface area contributed by atoms with Crippen LogP contribution in [-0.4, -0.2) is 95.3 Å². The van der Waals surface area contributed by atoms with Crippen molar-refractivity contribution in [3.63, 3.8) is 0 Å². The highest BCUT2D eigenvalue weighted by molar-refractivity contribution is 6.31. The molecule has 0 bridgehead atoms. The zero-order chi connectivity index (χ0) is 50.0. The lowest BCUT2D eigenvalue weighted by molar-refractivity contribution is -0.149. The molecule has 3 atom stereocenters. The third kappa shape index (κ3) is 13.4. The average molecular weight is 976 g/mol. The number of ketones is 3. The Bertz CT molecular complexity index is 2650. The number of carbonyl (C=O) groups is 6. The van der Waals surface area contributed by atoms with Crippen molar-refractivity contribution in [1.82, 2.24) is 15.1 Å². The Labute approximate surface area is 413 Å². The van der Waals surface area contributed by atoms with Crippen LogP contribution in [0.3, 0.4) is 0 Å². The number of unbranched alkanes of at least 4 members (excludes halogenated alkanes) is 1. The predicted molar refractivity (Wildman–Crippen MR) is 264 cm³/mol. The first-order valence-corrected chi connectivity index (χ1v) is 24.2. The lowest BCUT2D eigenvalue weighted by Gasteiger charge is -2.38. The number of nitrogens with one attached hydrogen (secondary N) is 1. The van der Waals surface area contributed by atoms with E-state index in [0.717, 1.165) is 22.3 Å². The largest absolute Gasteiger partial charge is 0.456 e. The minimum Gasteiger partial charge on any atom is -0.456 e. The molecule has 0 radical (unpaired) electrons. The number of carbonyl (C=O) groups excluding carboxylic acids is 6. The van der Waals surface area contributed by atoms with Crippen LogP contribution < -0.4 is 5.32 Å². The normalized spacial score (nSPS) is 17.3. The first-order chi connectivity index (χ1) is 33.5. The molecule has 1 N–H and O–H groups in total. The van der Waals surface area contributed by atoms with Crippen LogP contribution in [0.1, 0.15) is 116 Å². The summed E-state index contributed by atoms with van der Waals surface area (Å²) in [6, 6.07) is 25.4. The van der Waals surface area contributed by atoms with Gasteiger partial charge in [0.05, 0.1) is 22.8 Å². The molecule has 0 unspecified atom stereocenters. The standard InChI is InChI=1S/C55H60ClFN4O9/c1-35(62)40(14-8-9-26-58-54(67)68-34-37-12-6-5-7-13-37)31-41(63)33-60-27-23-38(24-28-60)42-15-10-16-44-43(42)25-29-61(52(65)49-32-47(59-70-49)45-17-11-18-46(56)50(45)57)51(44)48(64)30-36-19-21-39(22-20-36)53(66)69-55(2,3)4/h5-7,10-13,15-23,40,49,51H,8-9,14,24-34H2,1-4H3,(H,58,67)/t40-,49-,51+/m1/s1. The van der Waals surface area contributed by atoms with Gasteiger partial charge in [0, 0.05) is 56.9 Å². The third-order valence-corrected chi connectivity index (χ3v) is 13.0. The zero-order valence-corrected chi connectivity index (χ0v) is 40.9. The molecule has 2 amide bonds. The zero-order valence-electron chi connectivity index (χ0n) is 40.1. The lowest BCUT2D eigenvalue weighted by Crippen LogP contribution is -2.48. The number of ether oxygens (including phenoxy) is 2. The molecule has 0 saturated heterocycles. The molecule has 4 aromatic carbocycles. The number of fused-ring (bicyclic) bond motifs is 1. The van der Waals surface area contributed by atoms with Gasteiger partial charge < -0.3 is 24.5 Å². The van der Waals surface area contributed by atoms with Crippen LogP contribution in [-0.2, 0) is 52.9 Å². The number of oxime groups is 1. The van der Waals surface area contributed by atoms with Gasteiger partial charge in [-0.25, -0.2) is 14.0 Å². The topological polar surface area (TPSA) is 161 Å². The van der Waals surface area contributed by atoms with E-state index in [2.05, 4.69) is 21.4 Å². The number of amides is 2. The Morgan fingerprint density at radius 2 is 1.63 bits per heavy atom. The molecule has 3 heterocycles. The predicted octanol–water partition coefficient (Wildman–Crippen LogP) is 9.22. The van der Waals surface area contributed by atoms with Gasteiger partial charge in [-0.1, -0.05) is 96.0 Å². The Hall–Kier alpha value is -6.51. The number of hydrogen-bond acceptors (Lipinski definition) is 11. The fourth-order valence-corrected chi connectivity index (χ4v) is 9.32. The molecular weight excluding hydrogens is 915 g/mol. The summed E-state index contributed by atoms with van der Waals surface area (Å²) in [5.41, 5.74) is 5.30. The maximum absolute atomic E-state index is 15.0. The van der Waals surface area contributed by atoms with E-state index in [-0.39, 0.29) is 72.6 Å². The highest BCUT2D eigenvalue weighted by atomic mass is 35.5. The van der Waals surface area contributed by atoms with Crippen LogP contribution in [0.25, 0.3) is 5.57 Å². The van der Waals surface area contributed by atoms with Gasteiger partial charge in [-0.2, -0.15) is 0 Å². The second-order valence-electron chi connectivity index (χ2n) is 19.1. The van der Waals surface area contributed by atoms with E-state index in [1.54, 1.807) is 56.0 Å². The van der Waals surface area contributed by atoms with E-state index in [4.69, 9.17) is 25.9 Å². The van der Waals surface area contributed by atoms with Gasteiger partial charge in [0.25, 0.3) is 5.91 Å². The van der Waals surface area contributed by atoms with Gasteiger partial charge in [0.2, 0.25) is 6.10 Å². The molecule has 7 rings (SSSR count). The summed E-state index contributed by atoms with van der Waals surface area (Å²) in [5, 5.41) is 6.74. The first kappa shape index (κ1) is 51.3. The van der Waals surface area contributed by atoms with Gasteiger partial charge >= 0.3 is 12.1 Å². The van der Waals surface area contributed by atoms with Crippen LogP contribution in [0.15, 0.2) is 102 Å². The number of halogens is 2. The smallest absolute Gasteiger partial charge is 0.407 e. The average Bonchev–Trinajstić information content (AvgIpc) is 3.83. The van der Waals surface area contributed by atoms with E-state index >= 15 is 4.39 Å². The fourth-order valence-electron chi connectivity index (χ4n) is 9.15. The first-order valence-electron chi connectivity index (χ1n) is 23.9. The van der Waals surface area contributed by atoms with Crippen LogP contribution in [0, 0.1) is 11.7 Å². The molecule has 0 spiro atoms. The Balaban J connectivity index is 0.995. The van der Waals surface area contributed by atoms with E-state index < -0.39 is 47.5 Å². The molecule has 70 heavy (non-hydrogen) atoms.